The third kappa shape index (κ3) is 4.73. The van der Waals surface area contributed by atoms with E-state index in [9.17, 15) is 9.59 Å². The van der Waals surface area contributed by atoms with E-state index in [1.54, 1.807) is 0 Å². The second-order valence-corrected chi connectivity index (χ2v) is 5.02. The van der Waals surface area contributed by atoms with Gasteiger partial charge in [-0.1, -0.05) is 13.3 Å². The fourth-order valence-corrected chi connectivity index (χ4v) is 2.67. The molecule has 1 rings (SSSR count). The van der Waals surface area contributed by atoms with E-state index in [2.05, 4.69) is 12.2 Å². The van der Waals surface area contributed by atoms with Crippen LogP contribution >= 0.6 is 11.8 Å². The van der Waals surface area contributed by atoms with E-state index in [0.29, 0.717) is 31.4 Å². The van der Waals surface area contributed by atoms with Gasteiger partial charge in [0.1, 0.15) is 6.04 Å². The van der Waals surface area contributed by atoms with Gasteiger partial charge < -0.3 is 20.1 Å². The molecular weight excluding hydrogens is 256 g/mol. The van der Waals surface area contributed by atoms with Crippen molar-refractivity contribution in [3.05, 3.63) is 0 Å². The van der Waals surface area contributed by atoms with Gasteiger partial charge in [-0.25, -0.2) is 9.59 Å². The standard InChI is InChI=1S/C11H20N2O4S/c1-2-3-5-17-6-4-12-11(16)13-8-18-7-9(13)10(14)15/h9H,2-8H2,1H3,(H,12,16)(H,14,15). The van der Waals surface area contributed by atoms with Crippen molar-refractivity contribution < 1.29 is 19.4 Å². The number of unbranched alkanes of at least 4 members (excludes halogenated alkanes) is 1. The van der Waals surface area contributed by atoms with Crippen molar-refractivity contribution in [2.24, 2.45) is 0 Å². The van der Waals surface area contributed by atoms with Crippen LogP contribution in [0.2, 0.25) is 0 Å². The normalized spacial score (nSPS) is 18.9. The quantitative estimate of drug-likeness (QED) is 0.677. The van der Waals surface area contributed by atoms with Crippen LogP contribution in [0.25, 0.3) is 0 Å². The summed E-state index contributed by atoms with van der Waals surface area (Å²) in [4.78, 5) is 24.0. The Balaban J connectivity index is 2.18. The van der Waals surface area contributed by atoms with Crippen molar-refractivity contribution in [1.82, 2.24) is 10.2 Å². The van der Waals surface area contributed by atoms with Gasteiger partial charge in [0.2, 0.25) is 0 Å². The molecule has 1 heterocycles. The first kappa shape index (κ1) is 15.1. The number of aliphatic carboxylic acids is 1. The summed E-state index contributed by atoms with van der Waals surface area (Å²) in [5.41, 5.74) is 0. The number of nitrogens with zero attached hydrogens (tertiary/aromatic N) is 1. The Hall–Kier alpha value is -0.950. The van der Waals surface area contributed by atoms with Crippen molar-refractivity contribution in [3.8, 4) is 0 Å². The zero-order chi connectivity index (χ0) is 13.4. The Morgan fingerprint density at radius 1 is 1.50 bits per heavy atom. The summed E-state index contributed by atoms with van der Waals surface area (Å²) < 4.78 is 5.31. The summed E-state index contributed by atoms with van der Waals surface area (Å²) >= 11 is 1.45. The summed E-state index contributed by atoms with van der Waals surface area (Å²) in [6.45, 7) is 3.66. The molecule has 1 aliphatic heterocycles. The number of carboxylic acids is 1. The lowest BCUT2D eigenvalue weighted by Gasteiger charge is -2.20. The Morgan fingerprint density at radius 3 is 2.94 bits per heavy atom. The maximum atomic E-state index is 11.7. The molecule has 1 fully saturated rings. The number of carbonyl (C=O) groups is 2. The molecular formula is C11H20N2O4S. The smallest absolute Gasteiger partial charge is 0.327 e. The molecule has 104 valence electrons. The fourth-order valence-electron chi connectivity index (χ4n) is 1.53. The summed E-state index contributed by atoms with van der Waals surface area (Å²) in [5.74, 6) is -0.0655. The number of hydrogen-bond donors (Lipinski definition) is 2. The average molecular weight is 276 g/mol. The van der Waals surface area contributed by atoms with Crippen molar-refractivity contribution in [2.75, 3.05) is 31.4 Å². The van der Waals surface area contributed by atoms with Crippen LogP contribution in [0.5, 0.6) is 0 Å². The number of amides is 2. The highest BCUT2D eigenvalue weighted by atomic mass is 32.2. The Morgan fingerprint density at radius 2 is 2.28 bits per heavy atom. The molecule has 1 saturated heterocycles. The highest BCUT2D eigenvalue weighted by Gasteiger charge is 2.34. The van der Waals surface area contributed by atoms with Crippen LogP contribution in [-0.4, -0.2) is 59.4 Å². The van der Waals surface area contributed by atoms with E-state index >= 15 is 0 Å². The third-order valence-corrected chi connectivity index (χ3v) is 3.61. The minimum absolute atomic E-state index is 0.327. The minimum atomic E-state index is -0.950. The number of rotatable bonds is 7. The van der Waals surface area contributed by atoms with Crippen molar-refractivity contribution in [2.45, 2.75) is 25.8 Å². The van der Waals surface area contributed by atoms with E-state index in [1.165, 1.54) is 16.7 Å². The highest BCUT2D eigenvalue weighted by Crippen LogP contribution is 2.20. The van der Waals surface area contributed by atoms with Crippen molar-refractivity contribution in [3.63, 3.8) is 0 Å². The van der Waals surface area contributed by atoms with E-state index in [1.807, 2.05) is 0 Å². The molecule has 2 amide bonds. The predicted octanol–water partition coefficient (Wildman–Crippen LogP) is 0.972. The lowest BCUT2D eigenvalue weighted by Crippen LogP contribution is -2.47. The van der Waals surface area contributed by atoms with Gasteiger partial charge in [-0.15, -0.1) is 11.8 Å². The van der Waals surface area contributed by atoms with Gasteiger partial charge in [-0.2, -0.15) is 0 Å². The molecule has 0 aromatic heterocycles. The first-order chi connectivity index (χ1) is 8.66. The molecule has 0 aromatic carbocycles. The number of thioether (sulfide) groups is 1. The molecule has 0 aromatic rings. The highest BCUT2D eigenvalue weighted by molar-refractivity contribution is 7.99. The van der Waals surface area contributed by atoms with Gasteiger partial charge in [0.05, 0.1) is 12.5 Å². The molecule has 1 aliphatic rings. The molecule has 0 aliphatic carbocycles. The Labute approximate surface area is 111 Å². The van der Waals surface area contributed by atoms with Crippen LogP contribution in [0, 0.1) is 0 Å². The van der Waals surface area contributed by atoms with E-state index in [4.69, 9.17) is 9.84 Å². The molecule has 1 unspecified atom stereocenters. The van der Waals surface area contributed by atoms with Gasteiger partial charge in [0, 0.05) is 18.9 Å². The maximum Gasteiger partial charge on any atom is 0.327 e. The number of carboxylic acid groups (broad SMARTS) is 1. The molecule has 7 heteroatoms. The molecule has 0 bridgehead atoms. The monoisotopic (exact) mass is 276 g/mol. The van der Waals surface area contributed by atoms with E-state index in [0.717, 1.165) is 12.8 Å². The molecule has 18 heavy (non-hydrogen) atoms. The Bertz CT molecular complexity index is 288. The SMILES string of the molecule is CCCCOCCNC(=O)N1CSCC1C(=O)O. The maximum absolute atomic E-state index is 11.7. The van der Waals surface area contributed by atoms with Crippen LogP contribution in [0.4, 0.5) is 4.79 Å². The third-order valence-electron chi connectivity index (χ3n) is 2.59. The summed E-state index contributed by atoms with van der Waals surface area (Å²) in [6.07, 6.45) is 2.09. The first-order valence-electron chi connectivity index (χ1n) is 6.09. The minimum Gasteiger partial charge on any atom is -0.480 e. The van der Waals surface area contributed by atoms with Gasteiger partial charge in [-0.05, 0) is 6.42 Å². The van der Waals surface area contributed by atoms with Crippen LogP contribution in [0.1, 0.15) is 19.8 Å². The van der Waals surface area contributed by atoms with Crippen LogP contribution in [0.15, 0.2) is 0 Å². The number of carbonyl (C=O) groups excluding carboxylic acids is 1. The number of ether oxygens (including phenoxy) is 1. The van der Waals surface area contributed by atoms with Crippen LogP contribution < -0.4 is 5.32 Å². The zero-order valence-electron chi connectivity index (χ0n) is 10.6. The van der Waals surface area contributed by atoms with E-state index < -0.39 is 12.0 Å². The van der Waals surface area contributed by atoms with Crippen molar-refractivity contribution in [1.29, 1.82) is 0 Å². The van der Waals surface area contributed by atoms with Gasteiger partial charge in [0.25, 0.3) is 0 Å². The topological polar surface area (TPSA) is 78.9 Å². The van der Waals surface area contributed by atoms with Gasteiger partial charge in [0.15, 0.2) is 0 Å². The number of nitrogens with one attached hydrogen (secondary N) is 1. The largest absolute Gasteiger partial charge is 0.480 e. The summed E-state index contributed by atoms with van der Waals surface area (Å²) in [5, 5.41) is 11.6. The zero-order valence-corrected chi connectivity index (χ0v) is 11.4. The van der Waals surface area contributed by atoms with Crippen molar-refractivity contribution >= 4 is 23.8 Å². The molecule has 6 nitrogen and oxygen atoms in total. The molecule has 1 atom stereocenters. The lowest BCUT2D eigenvalue weighted by molar-refractivity contribution is -0.140. The molecule has 0 saturated carbocycles. The van der Waals surface area contributed by atoms with Crippen LogP contribution in [-0.2, 0) is 9.53 Å². The predicted molar refractivity (Wildman–Crippen MR) is 69.7 cm³/mol. The molecule has 0 radical (unpaired) electrons. The average Bonchev–Trinajstić information content (AvgIpc) is 2.82. The van der Waals surface area contributed by atoms with E-state index in [-0.39, 0.29) is 6.03 Å². The van der Waals surface area contributed by atoms with Gasteiger partial charge >= 0.3 is 12.0 Å². The second kappa shape index (κ2) is 8.20. The molecule has 2 N–H and O–H groups in total. The summed E-state index contributed by atoms with van der Waals surface area (Å²) in [6, 6.07) is -1.04. The lowest BCUT2D eigenvalue weighted by atomic mass is 10.3. The number of urea groups is 1. The fraction of sp³-hybridized carbons (Fsp3) is 0.818. The first-order valence-corrected chi connectivity index (χ1v) is 7.25. The van der Waals surface area contributed by atoms with Crippen LogP contribution in [0.3, 0.4) is 0 Å². The Kier molecular flexibility index (Phi) is 6.89. The van der Waals surface area contributed by atoms with Gasteiger partial charge in [-0.3, -0.25) is 0 Å². The second-order valence-electron chi connectivity index (χ2n) is 4.02. The summed E-state index contributed by atoms with van der Waals surface area (Å²) in [7, 11) is 0. The molecule has 0 spiro atoms. The number of hydrogen-bond acceptors (Lipinski definition) is 4.